The Morgan fingerprint density at radius 2 is 1.78 bits per heavy atom. The van der Waals surface area contributed by atoms with Gasteiger partial charge in [-0.1, -0.05) is 36.4 Å². The zero-order valence-corrected chi connectivity index (χ0v) is 15.9. The monoisotopic (exact) mass is 361 g/mol. The first-order chi connectivity index (χ1) is 13.2. The van der Waals surface area contributed by atoms with Crippen molar-refractivity contribution < 1.29 is 4.79 Å². The number of nitrogens with one attached hydrogen (secondary N) is 1. The number of fused-ring (bicyclic) bond motifs is 1. The van der Waals surface area contributed by atoms with Crippen molar-refractivity contribution in [2.45, 2.75) is 25.7 Å². The second-order valence-corrected chi connectivity index (χ2v) is 7.32. The fourth-order valence-corrected chi connectivity index (χ4v) is 4.04. The number of hydrogen-bond acceptors (Lipinski definition) is 2. The molecule has 4 rings (SSSR count). The number of carbonyl (C=O) groups is 1. The lowest BCUT2D eigenvalue weighted by Crippen LogP contribution is -2.44. The minimum Gasteiger partial charge on any atom is -0.362 e. The van der Waals surface area contributed by atoms with Crippen LogP contribution in [-0.2, 0) is 4.79 Å². The molecule has 0 spiro atoms. The average Bonchev–Trinajstić information content (AvgIpc) is 3.17. The summed E-state index contributed by atoms with van der Waals surface area (Å²) in [5.74, 6) is 0.744. The highest BCUT2D eigenvalue weighted by molar-refractivity contribution is 5.82. The third-order valence-electron chi connectivity index (χ3n) is 5.67. The van der Waals surface area contributed by atoms with Crippen molar-refractivity contribution in [3.8, 4) is 0 Å². The van der Waals surface area contributed by atoms with Crippen LogP contribution in [0, 0.1) is 0 Å². The summed E-state index contributed by atoms with van der Waals surface area (Å²) in [5, 5.41) is 1.27. The van der Waals surface area contributed by atoms with Crippen LogP contribution in [0.3, 0.4) is 0 Å². The molecule has 1 aliphatic rings. The van der Waals surface area contributed by atoms with Crippen molar-refractivity contribution in [3.05, 3.63) is 66.4 Å². The standard InChI is InChI=1S/C23H27N3O/c1-2-25(20-9-4-3-5-10-20)17-23(27)26-14-12-18(13-15-26)22-16-19-8-6-7-11-21(19)24-22/h3-11,16,18,24H,2,12-15,17H2,1H3. The van der Waals surface area contributed by atoms with Gasteiger partial charge in [0, 0.05) is 42.5 Å². The quantitative estimate of drug-likeness (QED) is 0.731. The van der Waals surface area contributed by atoms with Crippen LogP contribution in [0.4, 0.5) is 5.69 Å². The maximum absolute atomic E-state index is 12.8. The summed E-state index contributed by atoms with van der Waals surface area (Å²) in [6.07, 6.45) is 2.05. The highest BCUT2D eigenvalue weighted by atomic mass is 16.2. The number of carbonyl (C=O) groups excluding carboxylic acids is 1. The topological polar surface area (TPSA) is 39.3 Å². The Kier molecular flexibility index (Phi) is 5.14. The number of benzene rings is 2. The first kappa shape index (κ1) is 17.7. The lowest BCUT2D eigenvalue weighted by molar-refractivity contribution is -0.130. The van der Waals surface area contributed by atoms with Gasteiger partial charge in [-0.15, -0.1) is 0 Å². The minimum atomic E-state index is 0.232. The Labute approximate surface area is 160 Å². The van der Waals surface area contributed by atoms with Gasteiger partial charge in [-0.05, 0) is 49.4 Å². The summed E-state index contributed by atoms with van der Waals surface area (Å²) in [6.45, 7) is 5.07. The van der Waals surface area contributed by atoms with Crippen LogP contribution < -0.4 is 4.90 Å². The molecule has 1 aromatic heterocycles. The van der Waals surface area contributed by atoms with Gasteiger partial charge in [0.2, 0.25) is 5.91 Å². The van der Waals surface area contributed by atoms with Crippen LogP contribution in [0.25, 0.3) is 10.9 Å². The van der Waals surface area contributed by atoms with Gasteiger partial charge in [0.25, 0.3) is 0 Å². The van der Waals surface area contributed by atoms with E-state index in [-0.39, 0.29) is 5.91 Å². The Hall–Kier alpha value is -2.75. The summed E-state index contributed by atoms with van der Waals surface area (Å²) in [4.78, 5) is 20.5. The van der Waals surface area contributed by atoms with Gasteiger partial charge >= 0.3 is 0 Å². The van der Waals surface area contributed by atoms with Gasteiger partial charge in [0.1, 0.15) is 0 Å². The lowest BCUT2D eigenvalue weighted by Gasteiger charge is -2.33. The molecule has 1 N–H and O–H groups in total. The smallest absolute Gasteiger partial charge is 0.242 e. The lowest BCUT2D eigenvalue weighted by atomic mass is 9.93. The maximum atomic E-state index is 12.8. The third kappa shape index (κ3) is 3.85. The van der Waals surface area contributed by atoms with E-state index in [1.165, 1.54) is 16.6 Å². The van der Waals surface area contributed by atoms with E-state index in [9.17, 15) is 4.79 Å². The van der Waals surface area contributed by atoms with Crippen molar-refractivity contribution in [1.82, 2.24) is 9.88 Å². The maximum Gasteiger partial charge on any atom is 0.242 e. The molecule has 4 nitrogen and oxygen atoms in total. The molecule has 1 saturated heterocycles. The average molecular weight is 361 g/mol. The molecule has 0 aliphatic carbocycles. The molecule has 0 bridgehead atoms. The Morgan fingerprint density at radius 3 is 2.48 bits per heavy atom. The van der Waals surface area contributed by atoms with Crippen LogP contribution in [0.15, 0.2) is 60.7 Å². The third-order valence-corrected chi connectivity index (χ3v) is 5.67. The molecule has 2 aromatic carbocycles. The number of piperidine rings is 1. The molecule has 1 amide bonds. The Balaban J connectivity index is 1.36. The number of likely N-dealkylation sites (N-methyl/N-ethyl adjacent to an activating group) is 1. The molecule has 0 atom stereocenters. The highest BCUT2D eigenvalue weighted by Gasteiger charge is 2.25. The molecule has 2 heterocycles. The normalized spacial score (nSPS) is 15.2. The number of hydrogen-bond donors (Lipinski definition) is 1. The molecule has 3 aromatic rings. The second kappa shape index (κ2) is 7.87. The van der Waals surface area contributed by atoms with E-state index in [0.717, 1.165) is 38.2 Å². The van der Waals surface area contributed by atoms with Crippen LogP contribution in [-0.4, -0.2) is 42.0 Å². The number of aromatic amines is 1. The van der Waals surface area contributed by atoms with Gasteiger partial charge in [-0.2, -0.15) is 0 Å². The molecule has 1 fully saturated rings. The number of nitrogens with zero attached hydrogens (tertiary/aromatic N) is 2. The SMILES string of the molecule is CCN(CC(=O)N1CCC(c2cc3ccccc3[nH]2)CC1)c1ccccc1. The number of likely N-dealkylation sites (tertiary alicyclic amines) is 1. The fraction of sp³-hybridized carbons (Fsp3) is 0.348. The summed E-state index contributed by atoms with van der Waals surface area (Å²) < 4.78 is 0. The number of H-pyrrole nitrogens is 1. The zero-order valence-electron chi connectivity index (χ0n) is 15.9. The molecule has 0 unspecified atom stereocenters. The van der Waals surface area contributed by atoms with E-state index in [0.29, 0.717) is 12.5 Å². The van der Waals surface area contributed by atoms with Crippen LogP contribution in [0.5, 0.6) is 0 Å². The largest absolute Gasteiger partial charge is 0.362 e. The van der Waals surface area contributed by atoms with Crippen molar-refractivity contribution in [2.75, 3.05) is 31.1 Å². The number of para-hydroxylation sites is 2. The number of anilines is 1. The molecule has 27 heavy (non-hydrogen) atoms. The first-order valence-corrected chi connectivity index (χ1v) is 9.90. The molecular weight excluding hydrogens is 334 g/mol. The van der Waals surface area contributed by atoms with E-state index >= 15 is 0 Å². The fourth-order valence-electron chi connectivity index (χ4n) is 4.04. The molecule has 4 heteroatoms. The Morgan fingerprint density at radius 1 is 1.07 bits per heavy atom. The van der Waals surface area contributed by atoms with Crippen molar-refractivity contribution >= 4 is 22.5 Å². The van der Waals surface area contributed by atoms with E-state index < -0.39 is 0 Å². The van der Waals surface area contributed by atoms with Gasteiger partial charge < -0.3 is 14.8 Å². The first-order valence-electron chi connectivity index (χ1n) is 9.90. The summed E-state index contributed by atoms with van der Waals surface area (Å²) >= 11 is 0. The minimum absolute atomic E-state index is 0.232. The predicted octanol–water partition coefficient (Wildman–Crippen LogP) is 4.40. The zero-order chi connectivity index (χ0) is 18.6. The van der Waals surface area contributed by atoms with Crippen LogP contribution in [0.1, 0.15) is 31.4 Å². The van der Waals surface area contributed by atoms with E-state index in [4.69, 9.17) is 0 Å². The highest BCUT2D eigenvalue weighted by Crippen LogP contribution is 2.30. The van der Waals surface area contributed by atoms with E-state index in [1.54, 1.807) is 0 Å². The number of aromatic nitrogens is 1. The van der Waals surface area contributed by atoms with Crippen LogP contribution >= 0.6 is 0 Å². The number of rotatable bonds is 5. The van der Waals surface area contributed by atoms with Crippen molar-refractivity contribution in [3.63, 3.8) is 0 Å². The van der Waals surface area contributed by atoms with Gasteiger partial charge in [0.05, 0.1) is 6.54 Å². The van der Waals surface area contributed by atoms with Gasteiger partial charge in [-0.3, -0.25) is 4.79 Å². The van der Waals surface area contributed by atoms with E-state index in [1.807, 2.05) is 23.1 Å². The molecule has 1 aliphatic heterocycles. The molecule has 0 radical (unpaired) electrons. The van der Waals surface area contributed by atoms with Gasteiger partial charge in [-0.25, -0.2) is 0 Å². The summed E-state index contributed by atoms with van der Waals surface area (Å²) in [6, 6.07) is 20.9. The number of amides is 1. The Bertz CT molecular complexity index is 861. The van der Waals surface area contributed by atoms with E-state index in [2.05, 4.69) is 59.3 Å². The second-order valence-electron chi connectivity index (χ2n) is 7.32. The molecular formula is C23H27N3O. The summed E-state index contributed by atoms with van der Waals surface area (Å²) in [5.41, 5.74) is 3.62. The molecule has 140 valence electrons. The van der Waals surface area contributed by atoms with Gasteiger partial charge in [0.15, 0.2) is 0 Å². The van der Waals surface area contributed by atoms with Crippen LogP contribution in [0.2, 0.25) is 0 Å². The molecule has 0 saturated carbocycles. The predicted molar refractivity (Wildman–Crippen MR) is 111 cm³/mol. The van der Waals surface area contributed by atoms with Crippen molar-refractivity contribution in [2.24, 2.45) is 0 Å². The summed E-state index contributed by atoms with van der Waals surface area (Å²) in [7, 11) is 0. The van der Waals surface area contributed by atoms with Crippen molar-refractivity contribution in [1.29, 1.82) is 0 Å².